The summed E-state index contributed by atoms with van der Waals surface area (Å²) in [5.41, 5.74) is 0.560. The highest BCUT2D eigenvalue weighted by Crippen LogP contribution is 2.24. The van der Waals surface area contributed by atoms with Crippen LogP contribution in [0.2, 0.25) is 0 Å². The van der Waals surface area contributed by atoms with Crippen LogP contribution in [0.4, 0.5) is 0 Å². The molecule has 2 aromatic heterocycles. The van der Waals surface area contributed by atoms with Crippen molar-refractivity contribution in [2.45, 2.75) is 17.9 Å². The van der Waals surface area contributed by atoms with Crippen molar-refractivity contribution in [1.82, 2.24) is 14.9 Å². The highest BCUT2D eigenvalue weighted by molar-refractivity contribution is 7.99. The maximum Gasteiger partial charge on any atom is 0.339 e. The number of aliphatic hydroxyl groups excluding tert-OH is 1. The second-order valence-corrected chi connectivity index (χ2v) is 9.34. The number of fused-ring (bicyclic) bond motifs is 1. The lowest BCUT2D eigenvalue weighted by Crippen LogP contribution is -2.21. The van der Waals surface area contributed by atoms with Crippen LogP contribution >= 0.6 is 11.8 Å². The van der Waals surface area contributed by atoms with Crippen LogP contribution in [0.1, 0.15) is 11.4 Å². The van der Waals surface area contributed by atoms with Crippen LogP contribution in [-0.4, -0.2) is 49.8 Å². The molecule has 5 aromatic rings. The molecule has 39 heavy (non-hydrogen) atoms. The van der Waals surface area contributed by atoms with Gasteiger partial charge in [-0.2, -0.15) is 9.78 Å². The highest BCUT2D eigenvalue weighted by atomic mass is 32.2. The zero-order valence-corrected chi connectivity index (χ0v) is 21.4. The Morgan fingerprint density at radius 3 is 2.67 bits per heavy atom. The standard InChI is InChI=1S/C28H24N4O6S/c33-20-8-6-7-19(13-20)15-29-32-26(17-36-22-9-2-1-3-10-22)30-31-28(32)39-18-21(34)16-37-25-14-27(35)38-24-12-5-4-11-23(24)25/h1-15,21,33-34H,16-18H2/b29-15+. The van der Waals surface area contributed by atoms with E-state index < -0.39 is 11.7 Å². The normalized spacial score (nSPS) is 12.1. The minimum atomic E-state index is -0.884. The molecule has 5 rings (SSSR count). The van der Waals surface area contributed by atoms with Crippen LogP contribution < -0.4 is 15.1 Å². The SMILES string of the molecule is O=c1cc(OCC(O)CSc2nnc(COc3ccccc3)n2/N=C/c2cccc(O)c2)c2ccccc2o1. The maximum absolute atomic E-state index is 11.9. The molecule has 2 heterocycles. The van der Waals surface area contributed by atoms with Gasteiger partial charge in [0.05, 0.1) is 23.8 Å². The van der Waals surface area contributed by atoms with Crippen LogP contribution in [0.3, 0.4) is 0 Å². The number of aromatic hydroxyl groups is 1. The number of phenols is 1. The molecule has 0 aliphatic carbocycles. The van der Waals surface area contributed by atoms with Gasteiger partial charge in [-0.1, -0.05) is 54.2 Å². The zero-order chi connectivity index (χ0) is 27.0. The Morgan fingerprint density at radius 2 is 1.82 bits per heavy atom. The minimum absolute atomic E-state index is 0.0505. The molecule has 10 nitrogen and oxygen atoms in total. The molecule has 1 unspecified atom stereocenters. The van der Waals surface area contributed by atoms with Gasteiger partial charge in [0.2, 0.25) is 5.16 Å². The van der Waals surface area contributed by atoms with Gasteiger partial charge in [-0.05, 0) is 42.0 Å². The number of hydrogen-bond donors (Lipinski definition) is 2. The molecular formula is C28H24N4O6S. The van der Waals surface area contributed by atoms with Crippen molar-refractivity contribution >= 4 is 28.9 Å². The summed E-state index contributed by atoms with van der Waals surface area (Å²) in [5, 5.41) is 34.4. The smallest absolute Gasteiger partial charge is 0.339 e. The van der Waals surface area contributed by atoms with Crippen LogP contribution in [0, 0.1) is 0 Å². The summed E-state index contributed by atoms with van der Waals surface area (Å²) in [4.78, 5) is 11.9. The number of hydrogen-bond acceptors (Lipinski definition) is 10. The molecule has 11 heteroatoms. The van der Waals surface area contributed by atoms with Crippen molar-refractivity contribution in [3.63, 3.8) is 0 Å². The number of benzene rings is 3. The number of ether oxygens (including phenoxy) is 2. The fourth-order valence-corrected chi connectivity index (χ4v) is 4.40. The first-order chi connectivity index (χ1) is 19.0. The number of rotatable bonds is 11. The Kier molecular flexibility index (Phi) is 8.20. The van der Waals surface area contributed by atoms with E-state index in [1.165, 1.54) is 22.5 Å². The number of thioether (sulfide) groups is 1. The van der Waals surface area contributed by atoms with Gasteiger partial charge in [0.1, 0.15) is 36.0 Å². The molecule has 0 aliphatic rings. The van der Waals surface area contributed by atoms with E-state index in [-0.39, 0.29) is 24.7 Å². The monoisotopic (exact) mass is 544 g/mol. The van der Waals surface area contributed by atoms with Crippen LogP contribution in [0.5, 0.6) is 17.2 Å². The number of para-hydroxylation sites is 2. The van der Waals surface area contributed by atoms with E-state index in [0.717, 1.165) is 0 Å². The first-order valence-electron chi connectivity index (χ1n) is 12.0. The molecule has 0 spiro atoms. The third kappa shape index (κ3) is 6.83. The predicted molar refractivity (Wildman–Crippen MR) is 147 cm³/mol. The van der Waals surface area contributed by atoms with Crippen molar-refractivity contribution in [3.05, 3.63) is 107 Å². The molecule has 0 amide bonds. The summed E-state index contributed by atoms with van der Waals surface area (Å²) in [6, 6.07) is 24.3. The van der Waals surface area contributed by atoms with Crippen LogP contribution in [0.25, 0.3) is 11.0 Å². The fraction of sp³-hybridized carbons (Fsp3) is 0.143. The molecule has 0 bridgehead atoms. The number of aromatic nitrogens is 3. The van der Waals surface area contributed by atoms with E-state index in [9.17, 15) is 15.0 Å². The largest absolute Gasteiger partial charge is 0.508 e. The van der Waals surface area contributed by atoms with Gasteiger partial charge in [-0.25, -0.2) is 4.79 Å². The van der Waals surface area contributed by atoms with Crippen LogP contribution in [0.15, 0.2) is 104 Å². The lowest BCUT2D eigenvalue weighted by Gasteiger charge is -2.13. The summed E-state index contributed by atoms with van der Waals surface area (Å²) >= 11 is 1.24. The molecule has 0 saturated carbocycles. The summed E-state index contributed by atoms with van der Waals surface area (Å²) in [6.07, 6.45) is 0.690. The summed E-state index contributed by atoms with van der Waals surface area (Å²) in [5.74, 6) is 1.81. The highest BCUT2D eigenvalue weighted by Gasteiger charge is 2.16. The fourth-order valence-electron chi connectivity index (χ4n) is 3.59. The molecule has 0 radical (unpaired) electrons. The van der Waals surface area contributed by atoms with E-state index in [2.05, 4.69) is 15.3 Å². The number of phenolic OH excluding ortho intramolecular Hbond substituents is 1. The quantitative estimate of drug-likeness (QED) is 0.143. The van der Waals surface area contributed by atoms with Gasteiger partial charge in [-0.3, -0.25) is 0 Å². The van der Waals surface area contributed by atoms with Crippen molar-refractivity contribution in [3.8, 4) is 17.2 Å². The summed E-state index contributed by atoms with van der Waals surface area (Å²) < 4.78 is 18.3. The van der Waals surface area contributed by atoms with Gasteiger partial charge in [0, 0.05) is 5.75 Å². The first-order valence-corrected chi connectivity index (χ1v) is 13.0. The van der Waals surface area contributed by atoms with Gasteiger partial charge in [0.25, 0.3) is 0 Å². The average molecular weight is 545 g/mol. The van der Waals surface area contributed by atoms with Gasteiger partial charge >= 0.3 is 5.63 Å². The van der Waals surface area contributed by atoms with E-state index in [1.807, 2.05) is 36.4 Å². The van der Waals surface area contributed by atoms with Crippen molar-refractivity contribution in [1.29, 1.82) is 0 Å². The lowest BCUT2D eigenvalue weighted by atomic mass is 10.2. The zero-order valence-electron chi connectivity index (χ0n) is 20.6. The van der Waals surface area contributed by atoms with E-state index >= 15 is 0 Å². The second kappa shape index (κ2) is 12.3. The molecule has 198 valence electrons. The van der Waals surface area contributed by atoms with Gasteiger partial charge in [0.15, 0.2) is 5.82 Å². The van der Waals surface area contributed by atoms with E-state index in [4.69, 9.17) is 13.9 Å². The summed E-state index contributed by atoms with van der Waals surface area (Å²) in [7, 11) is 0. The van der Waals surface area contributed by atoms with Crippen molar-refractivity contribution in [2.75, 3.05) is 12.4 Å². The number of nitrogens with zero attached hydrogens (tertiary/aromatic N) is 4. The lowest BCUT2D eigenvalue weighted by molar-refractivity contribution is 0.127. The van der Waals surface area contributed by atoms with E-state index in [1.54, 1.807) is 48.7 Å². The van der Waals surface area contributed by atoms with Crippen molar-refractivity contribution in [2.24, 2.45) is 5.10 Å². The minimum Gasteiger partial charge on any atom is -0.508 e. The first kappa shape index (κ1) is 26.0. The summed E-state index contributed by atoms with van der Waals surface area (Å²) in [6.45, 7) is 0.0649. The molecule has 1 atom stereocenters. The molecular weight excluding hydrogens is 520 g/mol. The Balaban J connectivity index is 1.28. The van der Waals surface area contributed by atoms with Gasteiger partial charge in [-0.15, -0.1) is 10.2 Å². The van der Waals surface area contributed by atoms with Gasteiger partial charge < -0.3 is 24.1 Å². The Bertz CT molecular complexity index is 1640. The topological polar surface area (TPSA) is 132 Å². The molecule has 0 aliphatic heterocycles. The third-order valence-corrected chi connectivity index (χ3v) is 6.49. The Morgan fingerprint density at radius 1 is 1.00 bits per heavy atom. The molecule has 3 aromatic carbocycles. The maximum atomic E-state index is 11.9. The molecule has 2 N–H and O–H groups in total. The predicted octanol–water partition coefficient (Wildman–Crippen LogP) is 4.08. The molecule has 0 saturated heterocycles. The number of aliphatic hydroxyl groups is 1. The average Bonchev–Trinajstić information content (AvgIpc) is 3.34. The van der Waals surface area contributed by atoms with Crippen LogP contribution in [-0.2, 0) is 6.61 Å². The Hall–Kier alpha value is -4.61. The second-order valence-electron chi connectivity index (χ2n) is 8.35. The Labute approximate surface area is 227 Å². The molecule has 0 fully saturated rings. The van der Waals surface area contributed by atoms with E-state index in [0.29, 0.717) is 39.0 Å². The van der Waals surface area contributed by atoms with Crippen molar-refractivity contribution < 1.29 is 24.1 Å². The third-order valence-electron chi connectivity index (χ3n) is 5.43.